The number of rotatable bonds is 6. The fourth-order valence-electron chi connectivity index (χ4n) is 3.68. The molecule has 2 aromatic heterocycles. The van der Waals surface area contributed by atoms with Crippen LogP contribution in [0.25, 0.3) is 16.6 Å². The number of methoxy groups -OCH3 is 1. The molecule has 1 amide bonds. The molecule has 34 heavy (non-hydrogen) atoms. The Morgan fingerprint density at radius 2 is 1.94 bits per heavy atom. The Morgan fingerprint density at radius 1 is 1.18 bits per heavy atom. The van der Waals surface area contributed by atoms with E-state index in [0.717, 1.165) is 28.7 Å². The summed E-state index contributed by atoms with van der Waals surface area (Å²) in [4.78, 5) is 31.1. The first-order chi connectivity index (χ1) is 16.2. The van der Waals surface area contributed by atoms with E-state index in [2.05, 4.69) is 15.4 Å². The summed E-state index contributed by atoms with van der Waals surface area (Å²) in [5.41, 5.74) is 3.97. The summed E-state index contributed by atoms with van der Waals surface area (Å²) in [5.74, 6) is 0.337. The third kappa shape index (κ3) is 4.53. The SMILES string of the molecule is COc1ccc(C)cc1-n1c(SCC(=O)Nc2c(C)nn(C)c2C)nc2cc(Cl)ccc2c1=O. The lowest BCUT2D eigenvalue weighted by Crippen LogP contribution is -2.23. The molecule has 2 heterocycles. The van der Waals surface area contributed by atoms with Gasteiger partial charge in [-0.3, -0.25) is 18.8 Å². The predicted molar refractivity (Wildman–Crippen MR) is 136 cm³/mol. The van der Waals surface area contributed by atoms with Crippen molar-refractivity contribution in [2.24, 2.45) is 7.05 Å². The largest absolute Gasteiger partial charge is 0.495 e. The minimum atomic E-state index is -0.271. The highest BCUT2D eigenvalue weighted by molar-refractivity contribution is 7.99. The monoisotopic (exact) mass is 497 g/mol. The number of carbonyl (C=O) groups is 1. The average molecular weight is 498 g/mol. The normalized spacial score (nSPS) is 11.1. The Hall–Kier alpha value is -3.30. The van der Waals surface area contributed by atoms with Crippen molar-refractivity contribution in [1.29, 1.82) is 0 Å². The van der Waals surface area contributed by atoms with Crippen LogP contribution in [-0.4, -0.2) is 38.1 Å². The van der Waals surface area contributed by atoms with Gasteiger partial charge in [-0.25, -0.2) is 4.98 Å². The van der Waals surface area contributed by atoms with Crippen LogP contribution in [0.2, 0.25) is 5.02 Å². The second-order valence-electron chi connectivity index (χ2n) is 7.88. The number of nitrogens with zero attached hydrogens (tertiary/aromatic N) is 4. The van der Waals surface area contributed by atoms with E-state index >= 15 is 0 Å². The molecule has 0 aliphatic carbocycles. The number of benzene rings is 2. The minimum Gasteiger partial charge on any atom is -0.495 e. The van der Waals surface area contributed by atoms with Crippen LogP contribution >= 0.6 is 23.4 Å². The quantitative estimate of drug-likeness (QED) is 0.313. The number of thioether (sulfide) groups is 1. The zero-order valence-corrected chi connectivity index (χ0v) is 21.0. The van der Waals surface area contributed by atoms with Gasteiger partial charge in [-0.05, 0) is 56.7 Å². The number of aromatic nitrogens is 4. The fourth-order valence-corrected chi connectivity index (χ4v) is 4.65. The zero-order chi connectivity index (χ0) is 24.6. The van der Waals surface area contributed by atoms with Crippen LogP contribution in [0.5, 0.6) is 5.75 Å². The highest BCUT2D eigenvalue weighted by Gasteiger charge is 2.19. The van der Waals surface area contributed by atoms with E-state index in [4.69, 9.17) is 16.3 Å². The molecule has 0 aliphatic heterocycles. The molecule has 0 saturated carbocycles. The average Bonchev–Trinajstić information content (AvgIpc) is 3.03. The van der Waals surface area contributed by atoms with E-state index in [0.29, 0.717) is 38.2 Å². The lowest BCUT2D eigenvalue weighted by atomic mass is 10.2. The van der Waals surface area contributed by atoms with Gasteiger partial charge in [0.25, 0.3) is 5.56 Å². The van der Waals surface area contributed by atoms with Crippen molar-refractivity contribution < 1.29 is 9.53 Å². The second-order valence-corrected chi connectivity index (χ2v) is 9.26. The van der Waals surface area contributed by atoms with Crippen LogP contribution in [0, 0.1) is 20.8 Å². The van der Waals surface area contributed by atoms with Crippen LogP contribution in [0.1, 0.15) is 17.0 Å². The van der Waals surface area contributed by atoms with Crippen LogP contribution < -0.4 is 15.6 Å². The van der Waals surface area contributed by atoms with E-state index in [-0.39, 0.29) is 17.2 Å². The van der Waals surface area contributed by atoms with Gasteiger partial charge in [0.1, 0.15) is 5.75 Å². The molecule has 0 unspecified atom stereocenters. The van der Waals surface area contributed by atoms with E-state index in [9.17, 15) is 9.59 Å². The van der Waals surface area contributed by atoms with Crippen molar-refractivity contribution in [3.8, 4) is 11.4 Å². The van der Waals surface area contributed by atoms with Crippen molar-refractivity contribution >= 4 is 45.9 Å². The first kappa shape index (κ1) is 23.8. The number of hydrogen-bond donors (Lipinski definition) is 1. The molecule has 0 radical (unpaired) electrons. The van der Waals surface area contributed by atoms with E-state index in [1.165, 1.54) is 4.57 Å². The van der Waals surface area contributed by atoms with E-state index < -0.39 is 0 Å². The maximum atomic E-state index is 13.6. The summed E-state index contributed by atoms with van der Waals surface area (Å²) in [6.07, 6.45) is 0. The molecular formula is C24H24ClN5O3S. The Bertz CT molecular complexity index is 1480. The molecule has 0 spiro atoms. The number of nitrogens with one attached hydrogen (secondary N) is 1. The number of amides is 1. The third-order valence-corrected chi connectivity index (χ3v) is 6.66. The number of ether oxygens (including phenoxy) is 1. The van der Waals surface area contributed by atoms with Crippen LogP contribution in [0.4, 0.5) is 5.69 Å². The lowest BCUT2D eigenvalue weighted by Gasteiger charge is -2.16. The topological polar surface area (TPSA) is 91.0 Å². The Labute approximate surface area is 205 Å². The highest BCUT2D eigenvalue weighted by atomic mass is 35.5. The molecule has 0 bridgehead atoms. The maximum absolute atomic E-state index is 13.6. The number of halogens is 1. The van der Waals surface area contributed by atoms with Gasteiger partial charge < -0.3 is 10.1 Å². The van der Waals surface area contributed by atoms with Gasteiger partial charge in [0.15, 0.2) is 5.16 Å². The summed E-state index contributed by atoms with van der Waals surface area (Å²) < 4.78 is 8.73. The number of aryl methyl sites for hydroxylation is 3. The van der Waals surface area contributed by atoms with Gasteiger partial charge in [0.2, 0.25) is 5.91 Å². The zero-order valence-electron chi connectivity index (χ0n) is 19.5. The molecule has 8 nitrogen and oxygen atoms in total. The fraction of sp³-hybridized carbons (Fsp3) is 0.250. The second kappa shape index (κ2) is 9.52. The van der Waals surface area contributed by atoms with Crippen molar-refractivity contribution in [2.45, 2.75) is 25.9 Å². The molecule has 1 N–H and O–H groups in total. The molecule has 4 aromatic rings. The van der Waals surface area contributed by atoms with Crippen molar-refractivity contribution in [2.75, 3.05) is 18.2 Å². The molecule has 4 rings (SSSR count). The van der Waals surface area contributed by atoms with Crippen LogP contribution in [-0.2, 0) is 11.8 Å². The molecule has 176 valence electrons. The molecule has 0 saturated heterocycles. The Balaban J connectivity index is 1.77. The minimum absolute atomic E-state index is 0.0421. The maximum Gasteiger partial charge on any atom is 0.266 e. The van der Waals surface area contributed by atoms with Crippen LogP contribution in [0.3, 0.4) is 0 Å². The number of hydrogen-bond acceptors (Lipinski definition) is 6. The van der Waals surface area contributed by atoms with Crippen LogP contribution in [0.15, 0.2) is 46.3 Å². The van der Waals surface area contributed by atoms with Crippen molar-refractivity contribution in [3.05, 3.63) is 68.7 Å². The molecule has 0 fully saturated rings. The van der Waals surface area contributed by atoms with E-state index in [1.807, 2.05) is 40.0 Å². The Morgan fingerprint density at radius 3 is 2.62 bits per heavy atom. The van der Waals surface area contributed by atoms with Crippen molar-refractivity contribution in [3.63, 3.8) is 0 Å². The number of anilines is 1. The summed E-state index contributed by atoms with van der Waals surface area (Å²) >= 11 is 7.31. The van der Waals surface area contributed by atoms with Gasteiger partial charge in [0, 0.05) is 12.1 Å². The van der Waals surface area contributed by atoms with Gasteiger partial charge in [-0.1, -0.05) is 29.4 Å². The standard InChI is InChI=1S/C24H24ClN5O3S/c1-13-6-9-20(33-5)19(10-13)30-23(32)17-8-7-16(25)11-18(17)26-24(30)34-12-21(31)27-22-14(2)28-29(4)15(22)3/h6-11H,12H2,1-5H3,(H,27,31). The molecule has 10 heteroatoms. The van der Waals surface area contributed by atoms with Gasteiger partial charge in [-0.2, -0.15) is 5.10 Å². The third-order valence-electron chi connectivity index (χ3n) is 5.48. The molecule has 2 aromatic carbocycles. The number of fused-ring (bicyclic) bond motifs is 1. The molecular weight excluding hydrogens is 474 g/mol. The van der Waals surface area contributed by atoms with Gasteiger partial charge >= 0.3 is 0 Å². The van der Waals surface area contributed by atoms with E-state index in [1.54, 1.807) is 36.1 Å². The van der Waals surface area contributed by atoms with Gasteiger partial charge in [0.05, 0.1) is 46.5 Å². The highest BCUT2D eigenvalue weighted by Crippen LogP contribution is 2.29. The first-order valence-corrected chi connectivity index (χ1v) is 11.9. The predicted octanol–water partition coefficient (Wildman–Crippen LogP) is 4.44. The molecule has 0 atom stereocenters. The van der Waals surface area contributed by atoms with Gasteiger partial charge in [-0.15, -0.1) is 0 Å². The van der Waals surface area contributed by atoms with Crippen molar-refractivity contribution in [1.82, 2.24) is 19.3 Å². The summed E-state index contributed by atoms with van der Waals surface area (Å²) in [6.45, 7) is 5.66. The lowest BCUT2D eigenvalue weighted by molar-refractivity contribution is -0.113. The summed E-state index contributed by atoms with van der Waals surface area (Å²) in [7, 11) is 3.37. The Kier molecular flexibility index (Phi) is 6.67. The smallest absolute Gasteiger partial charge is 0.266 e. The number of carbonyl (C=O) groups excluding carboxylic acids is 1. The molecule has 0 aliphatic rings. The summed E-state index contributed by atoms with van der Waals surface area (Å²) in [6, 6.07) is 10.5. The summed E-state index contributed by atoms with van der Waals surface area (Å²) in [5, 5.41) is 8.50. The first-order valence-electron chi connectivity index (χ1n) is 10.5.